The average Bonchev–Trinajstić information content (AvgIpc) is 2.38. The van der Waals surface area contributed by atoms with Gasteiger partial charge in [-0.25, -0.2) is 9.97 Å². The Bertz CT molecular complexity index is 350. The van der Waals surface area contributed by atoms with E-state index in [0.29, 0.717) is 11.1 Å². The predicted octanol–water partition coefficient (Wildman–Crippen LogP) is 3.92. The van der Waals surface area contributed by atoms with Crippen molar-refractivity contribution in [3.8, 4) is 0 Å². The molecule has 19 heavy (non-hydrogen) atoms. The van der Waals surface area contributed by atoms with Gasteiger partial charge in [0.05, 0.1) is 17.4 Å². The van der Waals surface area contributed by atoms with Crippen LogP contribution in [0.1, 0.15) is 44.9 Å². The molecule has 2 rings (SSSR count). The van der Waals surface area contributed by atoms with Crippen molar-refractivity contribution in [2.75, 3.05) is 12.3 Å². The van der Waals surface area contributed by atoms with Gasteiger partial charge >= 0.3 is 0 Å². The zero-order valence-electron chi connectivity index (χ0n) is 11.3. The number of nitrogens with one attached hydrogen (secondary N) is 1. The third kappa shape index (κ3) is 6.11. The van der Waals surface area contributed by atoms with Crippen LogP contribution >= 0.6 is 23.4 Å². The third-order valence-electron chi connectivity index (χ3n) is 3.44. The Kier molecular flexibility index (Phi) is 6.96. The van der Waals surface area contributed by atoms with Crippen molar-refractivity contribution in [2.45, 2.75) is 56.1 Å². The van der Waals surface area contributed by atoms with Crippen LogP contribution in [0.15, 0.2) is 17.6 Å². The van der Waals surface area contributed by atoms with E-state index in [4.69, 9.17) is 11.6 Å². The fourth-order valence-corrected chi connectivity index (χ4v) is 3.24. The lowest BCUT2D eigenvalue weighted by Crippen LogP contribution is -2.31. The van der Waals surface area contributed by atoms with Crippen LogP contribution in [0.5, 0.6) is 0 Å². The van der Waals surface area contributed by atoms with Gasteiger partial charge in [-0.1, -0.05) is 42.6 Å². The Balaban J connectivity index is 1.61. The second-order valence-electron chi connectivity index (χ2n) is 5.03. The van der Waals surface area contributed by atoms with Crippen molar-refractivity contribution in [2.24, 2.45) is 0 Å². The van der Waals surface area contributed by atoms with Crippen LogP contribution in [0.3, 0.4) is 0 Å². The fourth-order valence-electron chi connectivity index (χ4n) is 2.39. The molecule has 106 valence electrons. The highest BCUT2D eigenvalue weighted by Crippen LogP contribution is 2.18. The van der Waals surface area contributed by atoms with Crippen molar-refractivity contribution in [1.29, 1.82) is 0 Å². The van der Waals surface area contributed by atoms with Gasteiger partial charge < -0.3 is 5.32 Å². The van der Waals surface area contributed by atoms with Gasteiger partial charge in [-0.15, -0.1) is 0 Å². The molecule has 0 aliphatic carbocycles. The first-order valence-electron chi connectivity index (χ1n) is 7.18. The van der Waals surface area contributed by atoms with Crippen molar-refractivity contribution < 1.29 is 0 Å². The van der Waals surface area contributed by atoms with Crippen LogP contribution in [-0.4, -0.2) is 28.3 Å². The van der Waals surface area contributed by atoms with Crippen molar-refractivity contribution in [3.63, 3.8) is 0 Å². The summed E-state index contributed by atoms with van der Waals surface area (Å²) in [5.74, 6) is 1.08. The lowest BCUT2D eigenvalue weighted by molar-refractivity contribution is 0.397. The topological polar surface area (TPSA) is 37.8 Å². The maximum Gasteiger partial charge on any atom is 0.187 e. The Hall–Kier alpha value is -0.320. The van der Waals surface area contributed by atoms with Gasteiger partial charge in [0.15, 0.2) is 5.16 Å². The molecule has 1 aliphatic rings. The monoisotopic (exact) mass is 299 g/mol. The van der Waals surface area contributed by atoms with Crippen LogP contribution < -0.4 is 5.32 Å². The summed E-state index contributed by atoms with van der Waals surface area (Å²) in [6.07, 6.45) is 12.7. The molecule has 1 aliphatic heterocycles. The standard InChI is InChI=1S/C14H22ClN3S/c15-12-10-17-14(18-11-12)19-9-5-7-13-6-3-1-2-4-8-16-13/h10-11,13,16H,1-9H2. The number of hydrogen-bond acceptors (Lipinski definition) is 4. The number of halogens is 1. The second kappa shape index (κ2) is 8.77. The van der Waals surface area contributed by atoms with E-state index < -0.39 is 0 Å². The van der Waals surface area contributed by atoms with Gasteiger partial charge in [0.2, 0.25) is 0 Å². The van der Waals surface area contributed by atoms with Crippen LogP contribution in [0.2, 0.25) is 5.02 Å². The SMILES string of the molecule is Clc1cnc(SCCCC2CCCCCCN2)nc1. The first kappa shape index (κ1) is 15.1. The van der Waals surface area contributed by atoms with Gasteiger partial charge in [0, 0.05) is 11.8 Å². The largest absolute Gasteiger partial charge is 0.314 e. The molecule has 0 aromatic carbocycles. The molecule has 0 bridgehead atoms. The molecule has 1 aromatic heterocycles. The summed E-state index contributed by atoms with van der Waals surface area (Å²) >= 11 is 7.48. The molecule has 0 radical (unpaired) electrons. The molecule has 1 saturated heterocycles. The molecule has 1 unspecified atom stereocenters. The van der Waals surface area contributed by atoms with E-state index in [1.165, 1.54) is 51.5 Å². The molecule has 0 spiro atoms. The highest BCUT2D eigenvalue weighted by atomic mass is 35.5. The molecule has 3 nitrogen and oxygen atoms in total. The molecule has 0 amide bonds. The normalized spacial score (nSPS) is 20.8. The van der Waals surface area contributed by atoms with Gasteiger partial charge in [-0.2, -0.15) is 0 Å². The van der Waals surface area contributed by atoms with E-state index in [2.05, 4.69) is 15.3 Å². The van der Waals surface area contributed by atoms with Gasteiger partial charge in [-0.3, -0.25) is 0 Å². The number of nitrogens with zero attached hydrogens (tertiary/aromatic N) is 2. The molecule has 1 N–H and O–H groups in total. The maximum atomic E-state index is 5.76. The fraction of sp³-hybridized carbons (Fsp3) is 0.714. The molecule has 5 heteroatoms. The van der Waals surface area contributed by atoms with Gasteiger partial charge in [0.25, 0.3) is 0 Å². The quantitative estimate of drug-likeness (QED) is 0.508. The highest BCUT2D eigenvalue weighted by Gasteiger charge is 2.10. The van der Waals surface area contributed by atoms with E-state index in [9.17, 15) is 0 Å². The zero-order chi connectivity index (χ0) is 13.3. The minimum Gasteiger partial charge on any atom is -0.314 e. The van der Waals surface area contributed by atoms with Crippen LogP contribution in [-0.2, 0) is 0 Å². The molecule has 2 heterocycles. The molecular formula is C14H22ClN3S. The minimum absolute atomic E-state index is 0.600. The summed E-state index contributed by atoms with van der Waals surface area (Å²) in [4.78, 5) is 8.39. The summed E-state index contributed by atoms with van der Waals surface area (Å²) in [7, 11) is 0. The zero-order valence-corrected chi connectivity index (χ0v) is 12.8. The molecule has 1 fully saturated rings. The van der Waals surface area contributed by atoms with Gasteiger partial charge in [-0.05, 0) is 32.2 Å². The van der Waals surface area contributed by atoms with Crippen LogP contribution in [0.25, 0.3) is 0 Å². The van der Waals surface area contributed by atoms with Crippen molar-refractivity contribution in [3.05, 3.63) is 17.4 Å². The van der Waals surface area contributed by atoms with E-state index in [1.54, 1.807) is 24.2 Å². The van der Waals surface area contributed by atoms with Crippen molar-refractivity contribution >= 4 is 23.4 Å². The first-order valence-corrected chi connectivity index (χ1v) is 8.55. The molecule has 1 atom stereocenters. The number of hydrogen-bond donors (Lipinski definition) is 1. The Morgan fingerprint density at radius 1 is 1.21 bits per heavy atom. The van der Waals surface area contributed by atoms with E-state index in [1.807, 2.05) is 0 Å². The molecule has 0 saturated carbocycles. The lowest BCUT2D eigenvalue weighted by Gasteiger charge is -2.21. The van der Waals surface area contributed by atoms with E-state index in [0.717, 1.165) is 10.9 Å². The summed E-state index contributed by atoms with van der Waals surface area (Å²) in [6.45, 7) is 1.19. The number of aromatic nitrogens is 2. The predicted molar refractivity (Wildman–Crippen MR) is 81.9 cm³/mol. The maximum absolute atomic E-state index is 5.76. The molecular weight excluding hydrogens is 278 g/mol. The minimum atomic E-state index is 0.600. The Morgan fingerprint density at radius 2 is 2.00 bits per heavy atom. The summed E-state index contributed by atoms with van der Waals surface area (Å²) < 4.78 is 0. The van der Waals surface area contributed by atoms with Crippen molar-refractivity contribution in [1.82, 2.24) is 15.3 Å². The summed E-state index contributed by atoms with van der Waals surface area (Å²) in [5, 5.41) is 5.10. The number of rotatable bonds is 5. The number of thioether (sulfide) groups is 1. The van der Waals surface area contributed by atoms with Crippen LogP contribution in [0, 0.1) is 0 Å². The van der Waals surface area contributed by atoms with Crippen LogP contribution in [0.4, 0.5) is 0 Å². The Labute approximate surface area is 124 Å². The van der Waals surface area contributed by atoms with Gasteiger partial charge in [0.1, 0.15) is 0 Å². The van der Waals surface area contributed by atoms with E-state index >= 15 is 0 Å². The third-order valence-corrected chi connectivity index (χ3v) is 4.59. The average molecular weight is 300 g/mol. The summed E-state index contributed by atoms with van der Waals surface area (Å²) in [6, 6.07) is 0.715. The lowest BCUT2D eigenvalue weighted by atomic mass is 10.0. The Morgan fingerprint density at radius 3 is 2.84 bits per heavy atom. The summed E-state index contributed by atoms with van der Waals surface area (Å²) in [5.41, 5.74) is 0. The van der Waals surface area contributed by atoms with E-state index in [-0.39, 0.29) is 0 Å². The molecule has 1 aromatic rings. The first-order chi connectivity index (χ1) is 9.34. The smallest absolute Gasteiger partial charge is 0.187 e. The highest BCUT2D eigenvalue weighted by molar-refractivity contribution is 7.99. The second-order valence-corrected chi connectivity index (χ2v) is 6.53.